The molecule has 4 heterocycles. The number of imide groups is 1. The summed E-state index contributed by atoms with van der Waals surface area (Å²) in [6.07, 6.45) is 3.51. The van der Waals surface area contributed by atoms with E-state index in [0.717, 1.165) is 10.9 Å². The van der Waals surface area contributed by atoms with Crippen LogP contribution in [0.25, 0.3) is 33.0 Å². The number of carbonyl (C=O) groups excluding carboxylic acids is 2. The van der Waals surface area contributed by atoms with Crippen LogP contribution in [0.3, 0.4) is 0 Å². The third kappa shape index (κ3) is 2.16. The Hall–Kier alpha value is -3.65. The SMILES string of the molecule is O=C1NC(=O)C(c2cn3c4c(cccc24)S(=O)(=O)CC3)=C1c1c[nH]c2ccccc12. The van der Waals surface area contributed by atoms with Crippen LogP contribution in [0.2, 0.25) is 0 Å². The number of nitrogens with one attached hydrogen (secondary N) is 2. The normalized spacial score (nSPS) is 17.9. The zero-order chi connectivity index (χ0) is 20.6. The van der Waals surface area contributed by atoms with E-state index in [1.54, 1.807) is 30.6 Å². The van der Waals surface area contributed by atoms with Gasteiger partial charge in [-0.3, -0.25) is 14.9 Å². The Bertz CT molecular complexity index is 1570. The summed E-state index contributed by atoms with van der Waals surface area (Å²) in [4.78, 5) is 29.1. The van der Waals surface area contributed by atoms with Crippen LogP contribution in [0.15, 0.2) is 59.8 Å². The molecule has 0 spiro atoms. The first-order chi connectivity index (χ1) is 14.5. The fourth-order valence-corrected chi connectivity index (χ4v) is 5.99. The number of para-hydroxylation sites is 2. The summed E-state index contributed by atoms with van der Waals surface area (Å²) in [7, 11) is -3.38. The van der Waals surface area contributed by atoms with E-state index in [1.807, 2.05) is 28.8 Å². The van der Waals surface area contributed by atoms with Crippen molar-refractivity contribution in [1.29, 1.82) is 0 Å². The average Bonchev–Trinajstić information content (AvgIpc) is 3.39. The van der Waals surface area contributed by atoms with Crippen molar-refractivity contribution >= 4 is 54.6 Å². The Balaban J connectivity index is 1.71. The number of sulfone groups is 1. The van der Waals surface area contributed by atoms with Gasteiger partial charge in [0.2, 0.25) is 0 Å². The van der Waals surface area contributed by atoms with E-state index in [1.165, 1.54) is 0 Å². The third-order valence-corrected chi connectivity index (χ3v) is 7.58. The van der Waals surface area contributed by atoms with Crippen LogP contribution < -0.4 is 5.32 Å². The molecule has 0 fully saturated rings. The quantitative estimate of drug-likeness (QED) is 0.489. The monoisotopic (exact) mass is 417 g/mol. The molecule has 0 saturated heterocycles. The van der Waals surface area contributed by atoms with Crippen molar-refractivity contribution in [3.05, 3.63) is 66.0 Å². The van der Waals surface area contributed by atoms with Crippen LogP contribution in [0.4, 0.5) is 0 Å². The highest BCUT2D eigenvalue weighted by Gasteiger charge is 2.36. The number of hydrogen-bond acceptors (Lipinski definition) is 4. The zero-order valence-corrected chi connectivity index (χ0v) is 16.4. The van der Waals surface area contributed by atoms with E-state index < -0.39 is 21.7 Å². The molecule has 0 saturated carbocycles. The number of nitrogens with zero attached hydrogens (tertiary/aromatic N) is 1. The number of carbonyl (C=O) groups is 2. The minimum absolute atomic E-state index is 0.00666. The zero-order valence-electron chi connectivity index (χ0n) is 15.6. The highest BCUT2D eigenvalue weighted by molar-refractivity contribution is 7.91. The van der Waals surface area contributed by atoms with E-state index in [2.05, 4.69) is 10.3 Å². The summed E-state index contributed by atoms with van der Waals surface area (Å²) in [6.45, 7) is 0.307. The Kier molecular flexibility index (Phi) is 3.27. The van der Waals surface area contributed by atoms with Crippen molar-refractivity contribution in [2.75, 3.05) is 5.75 Å². The first-order valence-corrected chi connectivity index (χ1v) is 11.1. The lowest BCUT2D eigenvalue weighted by molar-refractivity contribution is -0.122. The summed E-state index contributed by atoms with van der Waals surface area (Å²) >= 11 is 0. The van der Waals surface area contributed by atoms with Gasteiger partial charge in [0.1, 0.15) is 0 Å². The predicted molar refractivity (Wildman–Crippen MR) is 112 cm³/mol. The average molecular weight is 417 g/mol. The van der Waals surface area contributed by atoms with Crippen LogP contribution >= 0.6 is 0 Å². The lowest BCUT2D eigenvalue weighted by atomic mass is 9.95. The third-order valence-electron chi connectivity index (χ3n) is 5.86. The van der Waals surface area contributed by atoms with E-state index in [4.69, 9.17) is 0 Å². The van der Waals surface area contributed by atoms with Crippen molar-refractivity contribution in [3.8, 4) is 0 Å². The number of aromatic amines is 1. The van der Waals surface area contributed by atoms with E-state index >= 15 is 0 Å². The smallest absolute Gasteiger partial charge is 0.259 e. The second kappa shape index (κ2) is 5.70. The molecule has 2 aromatic heterocycles. The van der Waals surface area contributed by atoms with Crippen molar-refractivity contribution in [2.45, 2.75) is 11.4 Å². The van der Waals surface area contributed by atoms with Crippen molar-refractivity contribution in [3.63, 3.8) is 0 Å². The van der Waals surface area contributed by atoms with Crippen LogP contribution in [0, 0.1) is 0 Å². The van der Waals surface area contributed by atoms with Crippen molar-refractivity contribution in [1.82, 2.24) is 14.9 Å². The molecule has 0 bridgehead atoms. The van der Waals surface area contributed by atoms with Crippen LogP contribution in [0.1, 0.15) is 11.1 Å². The largest absolute Gasteiger partial charge is 0.361 e. The van der Waals surface area contributed by atoms with Crippen LogP contribution in [0.5, 0.6) is 0 Å². The summed E-state index contributed by atoms with van der Waals surface area (Å²) in [5.74, 6) is -0.932. The van der Waals surface area contributed by atoms with Gasteiger partial charge in [-0.05, 0) is 12.1 Å². The van der Waals surface area contributed by atoms with Gasteiger partial charge < -0.3 is 9.55 Å². The number of aryl methyl sites for hydroxylation is 1. The lowest BCUT2D eigenvalue weighted by Gasteiger charge is -2.15. The molecule has 6 rings (SSSR count). The molecule has 0 unspecified atom stereocenters. The second-order valence-electron chi connectivity index (χ2n) is 7.49. The van der Waals surface area contributed by atoms with Crippen LogP contribution in [-0.2, 0) is 26.0 Å². The Morgan fingerprint density at radius 3 is 2.43 bits per heavy atom. The van der Waals surface area contributed by atoms with Gasteiger partial charge in [0.05, 0.1) is 27.3 Å². The molecule has 2 amide bonds. The number of rotatable bonds is 2. The molecule has 2 aliphatic rings. The van der Waals surface area contributed by atoms with E-state index in [-0.39, 0.29) is 16.2 Å². The molecule has 2 N–H and O–H groups in total. The molecule has 30 heavy (non-hydrogen) atoms. The molecular formula is C22H15N3O4S. The van der Waals surface area contributed by atoms with E-state index in [9.17, 15) is 18.0 Å². The van der Waals surface area contributed by atoms with E-state index in [0.29, 0.717) is 34.1 Å². The maximum atomic E-state index is 12.9. The molecule has 4 aromatic rings. The van der Waals surface area contributed by atoms with Gasteiger partial charge in [0, 0.05) is 46.4 Å². The number of benzene rings is 2. The summed E-state index contributed by atoms with van der Waals surface area (Å²) in [5.41, 5.74) is 3.21. The van der Waals surface area contributed by atoms with Crippen molar-refractivity contribution < 1.29 is 18.0 Å². The fraction of sp³-hybridized carbons (Fsp3) is 0.0909. The number of fused-ring (bicyclic) bond motifs is 1. The first-order valence-electron chi connectivity index (χ1n) is 9.47. The molecule has 0 atom stereocenters. The summed E-state index contributed by atoms with van der Waals surface area (Å²) < 4.78 is 26.9. The topological polar surface area (TPSA) is 101 Å². The number of aromatic nitrogens is 2. The Morgan fingerprint density at radius 1 is 0.867 bits per heavy atom. The number of amides is 2. The van der Waals surface area contributed by atoms with Gasteiger partial charge >= 0.3 is 0 Å². The number of H-pyrrole nitrogens is 1. The first kappa shape index (κ1) is 17.2. The van der Waals surface area contributed by atoms with Crippen molar-refractivity contribution in [2.24, 2.45) is 0 Å². The van der Waals surface area contributed by atoms with Gasteiger partial charge in [-0.25, -0.2) is 8.42 Å². The van der Waals surface area contributed by atoms with Crippen LogP contribution in [-0.4, -0.2) is 35.5 Å². The molecular weight excluding hydrogens is 402 g/mol. The number of hydrogen-bond donors (Lipinski definition) is 2. The predicted octanol–water partition coefficient (Wildman–Crippen LogP) is 2.48. The minimum Gasteiger partial charge on any atom is -0.361 e. The van der Waals surface area contributed by atoms with Gasteiger partial charge in [-0.1, -0.05) is 30.3 Å². The van der Waals surface area contributed by atoms with Gasteiger partial charge in [-0.2, -0.15) is 0 Å². The fourth-order valence-electron chi connectivity index (χ4n) is 4.53. The minimum atomic E-state index is -3.38. The van der Waals surface area contributed by atoms with Gasteiger partial charge in [-0.15, -0.1) is 0 Å². The molecule has 0 aliphatic carbocycles. The molecule has 148 valence electrons. The molecule has 8 heteroatoms. The Labute approximate surface area is 170 Å². The molecule has 0 radical (unpaired) electrons. The standard InChI is InChI=1S/C22H15N3O4S/c26-21-18(14-10-23-16-6-2-1-4-12(14)16)19(22(27)24-21)15-11-25-8-9-30(28,29)17-7-3-5-13(15)20(17)25/h1-7,10-11,23H,8-9H2,(H,24,26,27). The molecule has 7 nitrogen and oxygen atoms in total. The molecule has 2 aliphatic heterocycles. The summed E-state index contributed by atoms with van der Waals surface area (Å²) in [5, 5.41) is 3.90. The second-order valence-corrected chi connectivity index (χ2v) is 9.57. The summed E-state index contributed by atoms with van der Waals surface area (Å²) in [6, 6.07) is 12.6. The Morgan fingerprint density at radius 2 is 1.60 bits per heavy atom. The lowest BCUT2D eigenvalue weighted by Crippen LogP contribution is -2.22. The maximum Gasteiger partial charge on any atom is 0.259 e. The highest BCUT2D eigenvalue weighted by atomic mass is 32.2. The van der Waals surface area contributed by atoms with Gasteiger partial charge in [0.25, 0.3) is 11.8 Å². The highest BCUT2D eigenvalue weighted by Crippen LogP contribution is 2.40. The maximum absolute atomic E-state index is 12.9. The molecule has 2 aromatic carbocycles. The van der Waals surface area contributed by atoms with Gasteiger partial charge in [0.15, 0.2) is 9.84 Å².